The lowest BCUT2D eigenvalue weighted by molar-refractivity contribution is 0.364. The predicted molar refractivity (Wildman–Crippen MR) is 88.9 cm³/mol. The third-order valence-corrected chi connectivity index (χ3v) is 3.53. The highest BCUT2D eigenvalue weighted by atomic mass is 79.9. The van der Waals surface area contributed by atoms with Gasteiger partial charge in [-0.25, -0.2) is 0 Å². The van der Waals surface area contributed by atoms with E-state index in [1.807, 2.05) is 12.1 Å². The Bertz CT molecular complexity index is 437. The third kappa shape index (κ3) is 6.98. The molecule has 1 rings (SSSR count). The Balaban J connectivity index is 2.38. The molecule has 0 fully saturated rings. The molecule has 0 heterocycles. The molecular weight excluding hydrogens is 314 g/mol. The molecule has 1 aromatic carbocycles. The van der Waals surface area contributed by atoms with Crippen molar-refractivity contribution in [1.29, 1.82) is 0 Å². The molecule has 2 nitrogen and oxygen atoms in total. The van der Waals surface area contributed by atoms with Crippen LogP contribution < -0.4 is 10.1 Å². The fourth-order valence-electron chi connectivity index (χ4n) is 1.97. The van der Waals surface area contributed by atoms with Gasteiger partial charge in [-0.05, 0) is 37.1 Å². The van der Waals surface area contributed by atoms with E-state index in [-0.39, 0.29) is 0 Å². The number of halogens is 1. The smallest absolute Gasteiger partial charge is 0.148 e. The Labute approximate surface area is 131 Å². The standard InChI is InChI=1S/C17H24BrNO/c1-4-11-20-17-9-8-16(18)12-15(17)13-19-10-6-5-7-14(2)3/h1,8-9,12,14,19H,5-7,10-11,13H2,2-3H3. The van der Waals surface area contributed by atoms with Crippen LogP contribution in [0.15, 0.2) is 22.7 Å². The molecule has 110 valence electrons. The molecule has 0 aliphatic heterocycles. The third-order valence-electron chi connectivity index (χ3n) is 3.03. The van der Waals surface area contributed by atoms with Crippen LogP contribution in [0.5, 0.6) is 5.75 Å². The number of rotatable bonds is 9. The minimum Gasteiger partial charge on any atom is -0.481 e. The summed E-state index contributed by atoms with van der Waals surface area (Å²) in [5.74, 6) is 4.16. The zero-order chi connectivity index (χ0) is 14.8. The number of hydrogen-bond acceptors (Lipinski definition) is 2. The monoisotopic (exact) mass is 337 g/mol. The lowest BCUT2D eigenvalue weighted by atomic mass is 10.1. The quantitative estimate of drug-likeness (QED) is 0.533. The molecule has 0 aromatic heterocycles. The first-order chi connectivity index (χ1) is 9.63. The highest BCUT2D eigenvalue weighted by molar-refractivity contribution is 9.10. The van der Waals surface area contributed by atoms with Crippen molar-refractivity contribution in [1.82, 2.24) is 5.32 Å². The van der Waals surface area contributed by atoms with Gasteiger partial charge < -0.3 is 10.1 Å². The van der Waals surface area contributed by atoms with Gasteiger partial charge >= 0.3 is 0 Å². The first-order valence-corrected chi connectivity index (χ1v) is 7.98. The molecule has 0 atom stereocenters. The van der Waals surface area contributed by atoms with Crippen LogP contribution >= 0.6 is 15.9 Å². The number of benzene rings is 1. The molecule has 0 bridgehead atoms. The molecule has 3 heteroatoms. The Morgan fingerprint density at radius 2 is 2.15 bits per heavy atom. The van der Waals surface area contributed by atoms with Crippen LogP contribution in [-0.4, -0.2) is 13.2 Å². The second kappa shape index (κ2) is 9.85. The number of ether oxygens (including phenoxy) is 1. The first kappa shape index (κ1) is 17.1. The zero-order valence-electron chi connectivity index (χ0n) is 12.4. The lowest BCUT2D eigenvalue weighted by Gasteiger charge is -2.11. The van der Waals surface area contributed by atoms with E-state index in [0.29, 0.717) is 6.61 Å². The van der Waals surface area contributed by atoms with E-state index < -0.39 is 0 Å². The molecule has 0 saturated carbocycles. The van der Waals surface area contributed by atoms with E-state index in [1.54, 1.807) is 0 Å². The summed E-state index contributed by atoms with van der Waals surface area (Å²) < 4.78 is 6.61. The van der Waals surface area contributed by atoms with E-state index in [9.17, 15) is 0 Å². The summed E-state index contributed by atoms with van der Waals surface area (Å²) in [6, 6.07) is 6.00. The topological polar surface area (TPSA) is 21.3 Å². The molecule has 0 unspecified atom stereocenters. The summed E-state index contributed by atoms with van der Waals surface area (Å²) in [7, 11) is 0. The van der Waals surface area contributed by atoms with Gasteiger partial charge in [-0.1, -0.05) is 48.5 Å². The normalized spacial score (nSPS) is 10.6. The Kier molecular flexibility index (Phi) is 8.41. The van der Waals surface area contributed by atoms with Crippen molar-refractivity contribution in [3.8, 4) is 18.1 Å². The van der Waals surface area contributed by atoms with Gasteiger partial charge in [-0.2, -0.15) is 0 Å². The van der Waals surface area contributed by atoms with E-state index in [1.165, 1.54) is 19.3 Å². The van der Waals surface area contributed by atoms with E-state index in [0.717, 1.165) is 34.8 Å². The number of hydrogen-bond donors (Lipinski definition) is 1. The molecule has 0 aliphatic carbocycles. The molecule has 0 saturated heterocycles. The fourth-order valence-corrected chi connectivity index (χ4v) is 2.38. The maximum atomic E-state index is 5.55. The van der Waals surface area contributed by atoms with Gasteiger partial charge in [0.15, 0.2) is 0 Å². The Morgan fingerprint density at radius 1 is 1.35 bits per heavy atom. The summed E-state index contributed by atoms with van der Waals surface area (Å²) in [5, 5.41) is 3.47. The summed E-state index contributed by atoms with van der Waals surface area (Å²) in [4.78, 5) is 0. The zero-order valence-corrected chi connectivity index (χ0v) is 14.0. The highest BCUT2D eigenvalue weighted by Crippen LogP contribution is 2.23. The van der Waals surface area contributed by atoms with Crippen LogP contribution in [-0.2, 0) is 6.54 Å². The molecule has 0 radical (unpaired) electrons. The van der Waals surface area contributed by atoms with Crippen LogP contribution in [0.25, 0.3) is 0 Å². The average molecular weight is 338 g/mol. The number of nitrogens with one attached hydrogen (secondary N) is 1. The molecule has 0 aliphatic rings. The maximum Gasteiger partial charge on any atom is 0.148 e. The van der Waals surface area contributed by atoms with Crippen LogP contribution in [0.2, 0.25) is 0 Å². The summed E-state index contributed by atoms with van der Waals surface area (Å²) in [6.07, 6.45) is 9.03. The molecule has 0 spiro atoms. The molecular formula is C17H24BrNO. The van der Waals surface area contributed by atoms with Crippen molar-refractivity contribution in [3.63, 3.8) is 0 Å². The van der Waals surface area contributed by atoms with Crippen molar-refractivity contribution >= 4 is 15.9 Å². The minimum absolute atomic E-state index is 0.309. The molecule has 0 amide bonds. The summed E-state index contributed by atoms with van der Waals surface area (Å²) >= 11 is 3.49. The summed E-state index contributed by atoms with van der Waals surface area (Å²) in [6.45, 7) is 6.69. The predicted octanol–water partition coefficient (Wildman–Crippen LogP) is 4.38. The van der Waals surface area contributed by atoms with Gasteiger partial charge in [0.2, 0.25) is 0 Å². The van der Waals surface area contributed by atoms with Gasteiger partial charge in [0.25, 0.3) is 0 Å². The first-order valence-electron chi connectivity index (χ1n) is 7.19. The Hall–Kier alpha value is -0.980. The van der Waals surface area contributed by atoms with Crippen LogP contribution in [0.4, 0.5) is 0 Å². The van der Waals surface area contributed by atoms with Gasteiger partial charge in [0, 0.05) is 16.6 Å². The molecule has 1 N–H and O–H groups in total. The highest BCUT2D eigenvalue weighted by Gasteiger charge is 2.04. The Morgan fingerprint density at radius 3 is 2.85 bits per heavy atom. The van der Waals surface area contributed by atoms with E-state index in [4.69, 9.17) is 11.2 Å². The fraction of sp³-hybridized carbons (Fsp3) is 0.529. The van der Waals surface area contributed by atoms with Crippen molar-refractivity contribution in [3.05, 3.63) is 28.2 Å². The van der Waals surface area contributed by atoms with Gasteiger partial charge in [0.1, 0.15) is 12.4 Å². The second-order valence-corrected chi connectivity index (χ2v) is 6.23. The average Bonchev–Trinajstić information content (AvgIpc) is 2.41. The van der Waals surface area contributed by atoms with Crippen molar-refractivity contribution < 1.29 is 4.74 Å². The van der Waals surface area contributed by atoms with Crippen molar-refractivity contribution in [2.75, 3.05) is 13.2 Å². The minimum atomic E-state index is 0.309. The van der Waals surface area contributed by atoms with Crippen LogP contribution in [0.1, 0.15) is 38.7 Å². The van der Waals surface area contributed by atoms with Crippen LogP contribution in [0.3, 0.4) is 0 Å². The van der Waals surface area contributed by atoms with Gasteiger partial charge in [0.05, 0.1) is 0 Å². The lowest BCUT2D eigenvalue weighted by Crippen LogP contribution is -2.15. The molecule has 20 heavy (non-hydrogen) atoms. The van der Waals surface area contributed by atoms with Crippen molar-refractivity contribution in [2.45, 2.75) is 39.7 Å². The van der Waals surface area contributed by atoms with Gasteiger partial charge in [-0.15, -0.1) is 6.42 Å². The second-order valence-electron chi connectivity index (χ2n) is 5.31. The number of terminal acetylenes is 1. The summed E-state index contributed by atoms with van der Waals surface area (Å²) in [5.41, 5.74) is 1.14. The molecule has 1 aromatic rings. The van der Waals surface area contributed by atoms with Crippen LogP contribution in [0, 0.1) is 18.3 Å². The SMILES string of the molecule is C#CCOc1ccc(Br)cc1CNCCCCC(C)C. The largest absolute Gasteiger partial charge is 0.481 e. The van der Waals surface area contributed by atoms with Crippen molar-refractivity contribution in [2.24, 2.45) is 5.92 Å². The van der Waals surface area contributed by atoms with E-state index in [2.05, 4.69) is 47.1 Å². The maximum absolute atomic E-state index is 5.55. The number of unbranched alkanes of at least 4 members (excludes halogenated alkanes) is 1. The van der Waals surface area contributed by atoms with Gasteiger partial charge in [-0.3, -0.25) is 0 Å². The van der Waals surface area contributed by atoms with E-state index >= 15 is 0 Å².